The summed E-state index contributed by atoms with van der Waals surface area (Å²) in [4.78, 5) is 19.9. The molecule has 9 heteroatoms. The van der Waals surface area contributed by atoms with Crippen molar-refractivity contribution in [3.63, 3.8) is 0 Å². The molecule has 1 aromatic heterocycles. The second kappa shape index (κ2) is 9.30. The van der Waals surface area contributed by atoms with Crippen molar-refractivity contribution in [3.05, 3.63) is 53.2 Å². The van der Waals surface area contributed by atoms with Crippen LogP contribution in [0.15, 0.2) is 36.4 Å². The van der Waals surface area contributed by atoms with E-state index < -0.39 is 11.9 Å². The van der Waals surface area contributed by atoms with Gasteiger partial charge in [-0.1, -0.05) is 25.0 Å². The van der Waals surface area contributed by atoms with E-state index in [1.54, 1.807) is 9.80 Å². The second-order valence-corrected chi connectivity index (χ2v) is 8.70. The topological polar surface area (TPSA) is 72.3 Å². The number of amides is 2. The Kier molecular flexibility index (Phi) is 6.45. The Balaban J connectivity index is 1.41. The van der Waals surface area contributed by atoms with Crippen molar-refractivity contribution < 1.29 is 18.0 Å². The maximum Gasteiger partial charge on any atom is 0.433 e. The molecule has 1 aromatic carbocycles. The van der Waals surface area contributed by atoms with E-state index in [0.29, 0.717) is 18.2 Å². The molecule has 0 radical (unpaired) electrons. The predicted molar refractivity (Wildman–Crippen MR) is 119 cm³/mol. The molecule has 1 atom stereocenters. The lowest BCUT2D eigenvalue weighted by molar-refractivity contribution is -0.141. The highest BCUT2D eigenvalue weighted by Crippen LogP contribution is 2.34. The summed E-state index contributed by atoms with van der Waals surface area (Å²) < 4.78 is 39.3. The Hall–Kier alpha value is -3.28. The van der Waals surface area contributed by atoms with E-state index in [-0.39, 0.29) is 36.5 Å². The number of carbonyl (C=O) groups excluding carboxylic acids is 1. The van der Waals surface area contributed by atoms with Gasteiger partial charge in [-0.15, -0.1) is 0 Å². The highest BCUT2D eigenvalue weighted by Gasteiger charge is 2.35. The first kappa shape index (κ1) is 22.9. The van der Waals surface area contributed by atoms with Crippen LogP contribution in [0.5, 0.6) is 0 Å². The average molecular weight is 458 g/mol. The molecule has 1 aliphatic heterocycles. The van der Waals surface area contributed by atoms with Crippen LogP contribution < -0.4 is 10.2 Å². The molecular formula is C24H26F3N5O. The summed E-state index contributed by atoms with van der Waals surface area (Å²) >= 11 is 0. The summed E-state index contributed by atoms with van der Waals surface area (Å²) in [5.41, 5.74) is 1.05. The largest absolute Gasteiger partial charge is 0.433 e. The molecule has 1 N–H and O–H groups in total. The van der Waals surface area contributed by atoms with Gasteiger partial charge in [-0.3, -0.25) is 0 Å². The van der Waals surface area contributed by atoms with Crippen LogP contribution in [0, 0.1) is 11.3 Å². The summed E-state index contributed by atoms with van der Waals surface area (Å²) in [5, 5.41) is 12.2. The molecule has 0 spiro atoms. The number of alkyl halides is 3. The lowest BCUT2D eigenvalue weighted by Gasteiger charge is -2.40. The van der Waals surface area contributed by atoms with Crippen LogP contribution >= 0.6 is 0 Å². The molecule has 2 heterocycles. The minimum Gasteiger partial charge on any atom is -0.352 e. The Morgan fingerprint density at radius 1 is 1.12 bits per heavy atom. The maximum absolute atomic E-state index is 13.1. The molecule has 0 unspecified atom stereocenters. The second-order valence-electron chi connectivity index (χ2n) is 8.70. The fourth-order valence-electron chi connectivity index (χ4n) is 4.68. The Morgan fingerprint density at radius 3 is 2.42 bits per heavy atom. The molecule has 1 saturated heterocycles. The minimum absolute atomic E-state index is 0.00161. The van der Waals surface area contributed by atoms with Crippen LogP contribution in [0.25, 0.3) is 0 Å². The van der Waals surface area contributed by atoms with Gasteiger partial charge in [0.15, 0.2) is 0 Å². The van der Waals surface area contributed by atoms with E-state index in [4.69, 9.17) is 0 Å². The zero-order valence-electron chi connectivity index (χ0n) is 18.4. The van der Waals surface area contributed by atoms with Gasteiger partial charge in [-0.25, -0.2) is 9.78 Å². The number of halogens is 3. The summed E-state index contributed by atoms with van der Waals surface area (Å²) in [6.45, 7) is 2.68. The Labute approximate surface area is 191 Å². The molecule has 1 saturated carbocycles. The molecule has 2 aromatic rings. The number of hydrogen-bond donors (Lipinski definition) is 1. The standard InChI is InChI=1S/C24H26F3N5O/c1-16-15-31(22-19(14-28)8-11-21(30-22)24(25,26)27)12-13-32(16)23(33)29-20-9-6-18(7-10-20)17-4-2-3-5-17/h6-11,16-17H,2-5,12-13,15H2,1H3,(H,29,33)/t16-/m1/s1. The highest BCUT2D eigenvalue weighted by atomic mass is 19.4. The molecule has 0 bridgehead atoms. The summed E-state index contributed by atoms with van der Waals surface area (Å²) in [6, 6.07) is 11.3. The lowest BCUT2D eigenvalue weighted by atomic mass is 9.98. The van der Waals surface area contributed by atoms with Crippen molar-refractivity contribution in [2.45, 2.75) is 50.7 Å². The molecule has 4 rings (SSSR count). The van der Waals surface area contributed by atoms with E-state index in [1.165, 1.54) is 31.2 Å². The van der Waals surface area contributed by atoms with Crippen LogP contribution in [0.3, 0.4) is 0 Å². The third-order valence-corrected chi connectivity index (χ3v) is 6.46. The van der Waals surface area contributed by atoms with E-state index in [1.807, 2.05) is 25.1 Å². The van der Waals surface area contributed by atoms with E-state index in [9.17, 15) is 23.2 Å². The number of benzene rings is 1. The Bertz CT molecular complexity index is 1040. The van der Waals surface area contributed by atoms with Crippen molar-refractivity contribution in [3.8, 4) is 6.07 Å². The molecular weight excluding hydrogens is 431 g/mol. The lowest BCUT2D eigenvalue weighted by Crippen LogP contribution is -2.55. The number of piperazine rings is 1. The van der Waals surface area contributed by atoms with Crippen molar-refractivity contribution >= 4 is 17.5 Å². The first-order valence-corrected chi connectivity index (χ1v) is 11.2. The highest BCUT2D eigenvalue weighted by molar-refractivity contribution is 5.89. The van der Waals surface area contributed by atoms with Gasteiger partial charge in [0.1, 0.15) is 17.6 Å². The number of urea groups is 1. The van der Waals surface area contributed by atoms with Crippen molar-refractivity contribution in [2.75, 3.05) is 29.9 Å². The third-order valence-electron chi connectivity index (χ3n) is 6.46. The number of carbonyl (C=O) groups is 1. The number of hydrogen-bond acceptors (Lipinski definition) is 4. The summed E-state index contributed by atoms with van der Waals surface area (Å²) in [7, 11) is 0. The Morgan fingerprint density at radius 2 is 1.82 bits per heavy atom. The number of nitrogens with zero attached hydrogens (tertiary/aromatic N) is 4. The maximum atomic E-state index is 13.1. The zero-order chi connectivity index (χ0) is 23.6. The van der Waals surface area contributed by atoms with Crippen LogP contribution in [0.4, 0.5) is 29.5 Å². The van der Waals surface area contributed by atoms with E-state index >= 15 is 0 Å². The number of aromatic nitrogens is 1. The summed E-state index contributed by atoms with van der Waals surface area (Å²) in [5.74, 6) is 0.604. The van der Waals surface area contributed by atoms with E-state index in [2.05, 4.69) is 22.4 Å². The van der Waals surface area contributed by atoms with Gasteiger partial charge in [0.25, 0.3) is 0 Å². The minimum atomic E-state index is -4.59. The van der Waals surface area contributed by atoms with Crippen molar-refractivity contribution in [1.82, 2.24) is 9.88 Å². The number of rotatable bonds is 3. The monoisotopic (exact) mass is 457 g/mol. The molecule has 2 amide bonds. The fourth-order valence-corrected chi connectivity index (χ4v) is 4.68. The number of nitrogens with one attached hydrogen (secondary N) is 1. The quantitative estimate of drug-likeness (QED) is 0.672. The van der Waals surface area contributed by atoms with Crippen LogP contribution in [0.1, 0.15) is 55.3 Å². The van der Waals surface area contributed by atoms with Crippen molar-refractivity contribution in [2.24, 2.45) is 0 Å². The molecule has 2 fully saturated rings. The SMILES string of the molecule is C[C@@H]1CN(c2nc(C(F)(F)F)ccc2C#N)CCN1C(=O)Nc1ccc(C2CCCC2)cc1. The van der Waals surface area contributed by atoms with Gasteiger partial charge >= 0.3 is 12.2 Å². The number of nitriles is 1. The summed E-state index contributed by atoms with van der Waals surface area (Å²) in [6.07, 6.45) is 0.352. The van der Waals surface area contributed by atoms with Gasteiger partial charge < -0.3 is 15.1 Å². The van der Waals surface area contributed by atoms with Crippen LogP contribution in [-0.4, -0.2) is 41.6 Å². The van der Waals surface area contributed by atoms with Crippen molar-refractivity contribution in [1.29, 1.82) is 5.26 Å². The fraction of sp³-hybridized carbons (Fsp3) is 0.458. The van der Waals surface area contributed by atoms with Gasteiger partial charge in [0.05, 0.1) is 5.56 Å². The first-order valence-electron chi connectivity index (χ1n) is 11.2. The molecule has 33 heavy (non-hydrogen) atoms. The van der Waals surface area contributed by atoms with E-state index in [0.717, 1.165) is 12.1 Å². The van der Waals surface area contributed by atoms with Crippen LogP contribution in [0.2, 0.25) is 0 Å². The van der Waals surface area contributed by atoms with Gasteiger partial charge in [0.2, 0.25) is 0 Å². The predicted octanol–water partition coefficient (Wildman–Crippen LogP) is 5.37. The van der Waals surface area contributed by atoms with Crippen LogP contribution in [-0.2, 0) is 6.18 Å². The van der Waals surface area contributed by atoms with Gasteiger partial charge in [-0.2, -0.15) is 18.4 Å². The molecule has 174 valence electrons. The number of anilines is 2. The molecule has 6 nitrogen and oxygen atoms in total. The third kappa shape index (κ3) is 5.05. The van der Waals surface area contributed by atoms with Gasteiger partial charge in [0, 0.05) is 31.4 Å². The normalized spacial score (nSPS) is 19.4. The molecule has 1 aliphatic carbocycles. The average Bonchev–Trinajstić information content (AvgIpc) is 3.33. The zero-order valence-corrected chi connectivity index (χ0v) is 18.4. The molecule has 2 aliphatic rings. The smallest absolute Gasteiger partial charge is 0.352 e. The van der Waals surface area contributed by atoms with Gasteiger partial charge in [-0.05, 0) is 55.5 Å². The number of pyridine rings is 1. The first-order chi connectivity index (χ1) is 15.8.